The van der Waals surface area contributed by atoms with Crippen molar-refractivity contribution in [1.29, 1.82) is 0 Å². The van der Waals surface area contributed by atoms with Crippen molar-refractivity contribution in [3.8, 4) is 0 Å². The van der Waals surface area contributed by atoms with Crippen molar-refractivity contribution in [3.63, 3.8) is 0 Å². The zero-order valence-electron chi connectivity index (χ0n) is 13.4. The number of halogens is 1. The first kappa shape index (κ1) is 15.4. The van der Waals surface area contributed by atoms with E-state index in [1.165, 1.54) is 25.7 Å². The first-order valence-corrected chi connectivity index (χ1v) is 9.81. The van der Waals surface area contributed by atoms with Gasteiger partial charge in [0.25, 0.3) is 5.56 Å². The van der Waals surface area contributed by atoms with E-state index in [0.717, 1.165) is 11.0 Å². The molecule has 0 saturated heterocycles. The molecule has 0 bridgehead atoms. The van der Waals surface area contributed by atoms with E-state index < -0.39 is 0 Å². The molecule has 128 valence electrons. The molecule has 25 heavy (non-hydrogen) atoms. The lowest BCUT2D eigenvalue weighted by Gasteiger charge is -2.08. The van der Waals surface area contributed by atoms with Crippen molar-refractivity contribution in [2.45, 2.75) is 48.6 Å². The van der Waals surface area contributed by atoms with E-state index in [1.54, 1.807) is 30.0 Å². The van der Waals surface area contributed by atoms with Gasteiger partial charge in [0.1, 0.15) is 11.6 Å². The second kappa shape index (κ2) is 5.85. The molecule has 1 aromatic carbocycles. The Hall–Kier alpha value is -1.86. The van der Waals surface area contributed by atoms with Crippen LogP contribution in [-0.4, -0.2) is 24.7 Å². The van der Waals surface area contributed by atoms with E-state index in [4.69, 9.17) is 11.6 Å². The number of nitrogens with zero attached hydrogens (tertiary/aromatic N) is 4. The molecule has 0 spiro atoms. The van der Waals surface area contributed by atoms with Gasteiger partial charge in [0, 0.05) is 17.0 Å². The third-order valence-corrected chi connectivity index (χ3v) is 5.79. The third-order valence-electron chi connectivity index (χ3n) is 4.60. The molecule has 2 saturated carbocycles. The summed E-state index contributed by atoms with van der Waals surface area (Å²) in [5, 5.41) is 10.9. The van der Waals surface area contributed by atoms with Gasteiger partial charge >= 0.3 is 0 Å². The minimum absolute atomic E-state index is 0.139. The molecule has 1 N–H and O–H groups in total. The predicted octanol–water partition coefficient (Wildman–Crippen LogP) is 3.67. The maximum absolute atomic E-state index is 12.2. The number of rotatable bonds is 5. The topological polar surface area (TPSA) is 76.5 Å². The van der Waals surface area contributed by atoms with Gasteiger partial charge in [0.2, 0.25) is 0 Å². The molecule has 0 radical (unpaired) electrons. The van der Waals surface area contributed by atoms with E-state index in [2.05, 4.69) is 24.7 Å². The fourth-order valence-corrected chi connectivity index (χ4v) is 4.09. The summed E-state index contributed by atoms with van der Waals surface area (Å²) >= 11 is 7.60. The van der Waals surface area contributed by atoms with Gasteiger partial charge in [-0.25, -0.2) is 4.98 Å². The molecule has 5 rings (SSSR count). The SMILES string of the molecule is O=c1[nH]c(CSc2nnc(C3CC3)n2C2CC2)nc2cc(Cl)ccc12. The molecule has 2 aromatic heterocycles. The number of fused-ring (bicyclic) bond motifs is 1. The van der Waals surface area contributed by atoms with Crippen LogP contribution in [0.1, 0.15) is 49.3 Å². The third kappa shape index (κ3) is 2.95. The van der Waals surface area contributed by atoms with E-state index in [1.807, 2.05) is 0 Å². The Morgan fingerprint density at radius 3 is 2.84 bits per heavy atom. The highest BCUT2D eigenvalue weighted by Gasteiger charge is 2.36. The number of hydrogen-bond acceptors (Lipinski definition) is 5. The largest absolute Gasteiger partial charge is 0.309 e. The number of hydrogen-bond donors (Lipinski definition) is 1. The van der Waals surface area contributed by atoms with Crippen molar-refractivity contribution in [1.82, 2.24) is 24.7 Å². The molecule has 2 aliphatic rings. The van der Waals surface area contributed by atoms with Crippen molar-refractivity contribution in [2.24, 2.45) is 0 Å². The summed E-state index contributed by atoms with van der Waals surface area (Å²) in [5.41, 5.74) is 0.480. The summed E-state index contributed by atoms with van der Waals surface area (Å²) in [4.78, 5) is 19.6. The molecule has 2 aliphatic carbocycles. The molecular formula is C17H16ClN5OS. The Labute approximate surface area is 153 Å². The van der Waals surface area contributed by atoms with Gasteiger partial charge < -0.3 is 9.55 Å². The number of H-pyrrole nitrogens is 1. The number of nitrogens with one attached hydrogen (secondary N) is 1. The van der Waals surface area contributed by atoms with Crippen LogP contribution in [0.4, 0.5) is 0 Å². The van der Waals surface area contributed by atoms with Gasteiger partial charge in [0.15, 0.2) is 5.16 Å². The molecule has 8 heteroatoms. The predicted molar refractivity (Wildman–Crippen MR) is 97.2 cm³/mol. The van der Waals surface area contributed by atoms with Crippen molar-refractivity contribution >= 4 is 34.3 Å². The van der Waals surface area contributed by atoms with Crippen LogP contribution < -0.4 is 5.56 Å². The Bertz CT molecular complexity index is 1020. The summed E-state index contributed by atoms with van der Waals surface area (Å²) in [6.45, 7) is 0. The number of thioether (sulfide) groups is 1. The van der Waals surface area contributed by atoms with Crippen molar-refractivity contribution in [3.05, 3.63) is 45.2 Å². The zero-order valence-corrected chi connectivity index (χ0v) is 15.0. The van der Waals surface area contributed by atoms with Crippen LogP contribution in [0.2, 0.25) is 5.02 Å². The first-order chi connectivity index (χ1) is 12.2. The highest BCUT2D eigenvalue weighted by atomic mass is 35.5. The van der Waals surface area contributed by atoms with E-state index in [-0.39, 0.29) is 5.56 Å². The smallest absolute Gasteiger partial charge is 0.258 e. The van der Waals surface area contributed by atoms with Crippen LogP contribution in [0, 0.1) is 0 Å². The summed E-state index contributed by atoms with van der Waals surface area (Å²) in [6, 6.07) is 5.67. The van der Waals surface area contributed by atoms with Gasteiger partial charge in [-0.2, -0.15) is 0 Å². The normalized spacial score (nSPS) is 17.3. The fraction of sp³-hybridized carbons (Fsp3) is 0.412. The van der Waals surface area contributed by atoms with Gasteiger partial charge in [-0.05, 0) is 43.9 Å². The highest BCUT2D eigenvalue weighted by molar-refractivity contribution is 7.98. The second-order valence-corrected chi connectivity index (χ2v) is 8.06. The zero-order chi connectivity index (χ0) is 17.0. The second-order valence-electron chi connectivity index (χ2n) is 6.68. The molecule has 0 amide bonds. The maximum Gasteiger partial charge on any atom is 0.258 e. The Balaban J connectivity index is 1.43. The van der Waals surface area contributed by atoms with Gasteiger partial charge in [-0.3, -0.25) is 4.79 Å². The molecular weight excluding hydrogens is 358 g/mol. The summed E-state index contributed by atoms with van der Waals surface area (Å²) < 4.78 is 2.30. The van der Waals surface area contributed by atoms with Gasteiger partial charge in [0.05, 0.1) is 16.7 Å². The van der Waals surface area contributed by atoms with Crippen LogP contribution in [0.3, 0.4) is 0 Å². The monoisotopic (exact) mass is 373 g/mol. The molecule has 2 fully saturated rings. The molecule has 0 unspecified atom stereocenters. The molecule has 2 heterocycles. The molecule has 0 aliphatic heterocycles. The van der Waals surface area contributed by atoms with E-state index in [0.29, 0.717) is 39.5 Å². The summed E-state index contributed by atoms with van der Waals surface area (Å²) in [7, 11) is 0. The van der Waals surface area contributed by atoms with Crippen molar-refractivity contribution in [2.75, 3.05) is 0 Å². The first-order valence-electron chi connectivity index (χ1n) is 8.45. The number of benzene rings is 1. The number of aromatic nitrogens is 5. The number of aromatic amines is 1. The van der Waals surface area contributed by atoms with Crippen LogP contribution in [0.25, 0.3) is 10.9 Å². The Morgan fingerprint density at radius 2 is 2.08 bits per heavy atom. The average Bonchev–Trinajstić information content (AvgIpc) is 3.51. The molecule has 6 nitrogen and oxygen atoms in total. The van der Waals surface area contributed by atoms with E-state index >= 15 is 0 Å². The average molecular weight is 374 g/mol. The van der Waals surface area contributed by atoms with Crippen LogP contribution >= 0.6 is 23.4 Å². The fourth-order valence-electron chi connectivity index (χ4n) is 3.04. The minimum Gasteiger partial charge on any atom is -0.309 e. The van der Waals surface area contributed by atoms with Crippen molar-refractivity contribution < 1.29 is 0 Å². The minimum atomic E-state index is -0.139. The molecule has 3 aromatic rings. The molecule has 0 atom stereocenters. The lowest BCUT2D eigenvalue weighted by molar-refractivity contribution is 0.626. The summed E-state index contributed by atoms with van der Waals surface area (Å²) in [6.07, 6.45) is 4.84. The Kier molecular flexibility index (Phi) is 3.60. The van der Waals surface area contributed by atoms with E-state index in [9.17, 15) is 4.79 Å². The highest BCUT2D eigenvalue weighted by Crippen LogP contribution is 2.46. The van der Waals surface area contributed by atoms with Crippen LogP contribution in [-0.2, 0) is 5.75 Å². The quantitative estimate of drug-likeness (QED) is 0.690. The summed E-state index contributed by atoms with van der Waals surface area (Å²) in [5.74, 6) is 2.90. The lowest BCUT2D eigenvalue weighted by atomic mass is 10.2. The van der Waals surface area contributed by atoms with Crippen LogP contribution in [0.15, 0.2) is 28.2 Å². The van der Waals surface area contributed by atoms with Gasteiger partial charge in [-0.15, -0.1) is 10.2 Å². The standard InChI is InChI=1S/C17H16ClN5OS/c18-10-3-6-12-13(7-10)19-14(20-16(12)24)8-25-17-22-21-15(9-1-2-9)23(17)11-4-5-11/h3,6-7,9,11H,1-2,4-5,8H2,(H,19,20,24). The Morgan fingerprint density at radius 1 is 1.24 bits per heavy atom. The lowest BCUT2D eigenvalue weighted by Crippen LogP contribution is -2.11. The van der Waals surface area contributed by atoms with Crippen LogP contribution in [0.5, 0.6) is 0 Å². The maximum atomic E-state index is 12.2. The van der Waals surface area contributed by atoms with Gasteiger partial charge in [-0.1, -0.05) is 23.4 Å².